The van der Waals surface area contributed by atoms with E-state index in [1.165, 1.54) is 17.0 Å². The van der Waals surface area contributed by atoms with Gasteiger partial charge in [-0.05, 0) is 58.7 Å². The molecule has 29 heavy (non-hydrogen) atoms. The highest BCUT2D eigenvalue weighted by Gasteiger charge is 2.31. The van der Waals surface area contributed by atoms with Gasteiger partial charge in [-0.1, -0.05) is 19.1 Å². The average Bonchev–Trinajstić information content (AvgIpc) is 2.57. The first-order chi connectivity index (χ1) is 13.4. The maximum Gasteiger partial charge on any atom is 0.408 e. The summed E-state index contributed by atoms with van der Waals surface area (Å²) in [5.41, 5.74) is -0.195. The molecule has 0 heterocycles. The van der Waals surface area contributed by atoms with Gasteiger partial charge in [0.1, 0.15) is 23.9 Å². The van der Waals surface area contributed by atoms with Crippen LogP contribution in [0.25, 0.3) is 0 Å². The third-order valence-corrected chi connectivity index (χ3v) is 3.74. The molecule has 8 heteroatoms. The van der Waals surface area contributed by atoms with Crippen LogP contribution in [-0.2, 0) is 14.3 Å². The molecule has 3 amide bonds. The maximum atomic E-state index is 12.9. The molecule has 162 valence electrons. The Morgan fingerprint density at radius 1 is 1.21 bits per heavy atom. The third kappa shape index (κ3) is 8.41. The van der Waals surface area contributed by atoms with Crippen molar-refractivity contribution in [2.24, 2.45) is 0 Å². The van der Waals surface area contributed by atoms with Gasteiger partial charge in [0.25, 0.3) is 0 Å². The fourth-order valence-electron chi connectivity index (χ4n) is 2.73. The first-order valence-corrected chi connectivity index (χ1v) is 9.80. The first kappa shape index (κ1) is 24.3. The van der Waals surface area contributed by atoms with E-state index in [1.54, 1.807) is 32.9 Å². The SMILES string of the molecule is CCCN(C(=O)CNC(=O)OC(C)(C)C)C(C(=O)NC(C)C)c1cccc(O)c1. The molecule has 0 aliphatic heterocycles. The van der Waals surface area contributed by atoms with Crippen molar-refractivity contribution in [3.63, 3.8) is 0 Å². The number of benzene rings is 1. The Kier molecular flexibility index (Phi) is 8.94. The number of amides is 3. The molecule has 1 rings (SSSR count). The molecule has 1 aromatic carbocycles. The number of carbonyl (C=O) groups is 3. The van der Waals surface area contributed by atoms with Crippen LogP contribution in [0.2, 0.25) is 0 Å². The van der Waals surface area contributed by atoms with Crippen LogP contribution in [0.1, 0.15) is 59.6 Å². The van der Waals surface area contributed by atoms with Crippen LogP contribution in [0, 0.1) is 0 Å². The van der Waals surface area contributed by atoms with Crippen molar-refractivity contribution in [3.05, 3.63) is 29.8 Å². The van der Waals surface area contributed by atoms with Gasteiger partial charge in [-0.2, -0.15) is 0 Å². The monoisotopic (exact) mass is 407 g/mol. The summed E-state index contributed by atoms with van der Waals surface area (Å²) in [5.74, 6) is -0.782. The summed E-state index contributed by atoms with van der Waals surface area (Å²) in [6, 6.07) is 5.20. The number of ether oxygens (including phenoxy) is 1. The van der Waals surface area contributed by atoms with E-state index < -0.39 is 23.6 Å². The Bertz CT molecular complexity index is 713. The fourth-order valence-corrected chi connectivity index (χ4v) is 2.73. The molecule has 0 aromatic heterocycles. The molecule has 3 N–H and O–H groups in total. The topological polar surface area (TPSA) is 108 Å². The van der Waals surface area contributed by atoms with Crippen molar-refractivity contribution in [3.8, 4) is 5.75 Å². The number of hydrogen-bond donors (Lipinski definition) is 3. The molecule has 0 radical (unpaired) electrons. The van der Waals surface area contributed by atoms with Crippen molar-refractivity contribution in [2.45, 2.75) is 65.6 Å². The van der Waals surface area contributed by atoms with Crippen LogP contribution < -0.4 is 10.6 Å². The number of phenols is 1. The van der Waals surface area contributed by atoms with E-state index >= 15 is 0 Å². The fraction of sp³-hybridized carbons (Fsp3) is 0.571. The van der Waals surface area contributed by atoms with Gasteiger partial charge >= 0.3 is 6.09 Å². The van der Waals surface area contributed by atoms with Gasteiger partial charge in [-0.25, -0.2) is 4.79 Å². The predicted octanol–water partition coefficient (Wildman–Crippen LogP) is 2.72. The van der Waals surface area contributed by atoms with Gasteiger partial charge in [-0.3, -0.25) is 9.59 Å². The first-order valence-electron chi connectivity index (χ1n) is 9.80. The number of nitrogens with zero attached hydrogens (tertiary/aromatic N) is 1. The zero-order chi connectivity index (χ0) is 22.2. The lowest BCUT2D eigenvalue weighted by atomic mass is 10.0. The van der Waals surface area contributed by atoms with Crippen molar-refractivity contribution >= 4 is 17.9 Å². The van der Waals surface area contributed by atoms with E-state index in [0.717, 1.165) is 0 Å². The summed E-state index contributed by atoms with van der Waals surface area (Å²) in [6.07, 6.45) is -0.0922. The zero-order valence-electron chi connectivity index (χ0n) is 18.1. The minimum Gasteiger partial charge on any atom is -0.508 e. The van der Waals surface area contributed by atoms with E-state index in [0.29, 0.717) is 18.5 Å². The van der Waals surface area contributed by atoms with Gasteiger partial charge in [0.05, 0.1) is 0 Å². The van der Waals surface area contributed by atoms with Gasteiger partial charge in [0, 0.05) is 12.6 Å². The van der Waals surface area contributed by atoms with Crippen LogP contribution in [0.15, 0.2) is 24.3 Å². The van der Waals surface area contributed by atoms with Gasteiger partial charge in [-0.15, -0.1) is 0 Å². The van der Waals surface area contributed by atoms with Crippen LogP contribution in [-0.4, -0.2) is 52.6 Å². The second kappa shape index (κ2) is 10.7. The number of alkyl carbamates (subject to hydrolysis) is 1. The second-order valence-corrected chi connectivity index (χ2v) is 8.10. The molecule has 1 unspecified atom stereocenters. The van der Waals surface area contributed by atoms with Crippen molar-refractivity contribution in [2.75, 3.05) is 13.1 Å². The molecule has 0 fully saturated rings. The molecule has 8 nitrogen and oxygen atoms in total. The van der Waals surface area contributed by atoms with Crippen LogP contribution in [0.3, 0.4) is 0 Å². The molecule has 0 aliphatic carbocycles. The molecular weight excluding hydrogens is 374 g/mol. The zero-order valence-corrected chi connectivity index (χ0v) is 18.1. The Balaban J connectivity index is 3.10. The van der Waals surface area contributed by atoms with Crippen LogP contribution in [0.5, 0.6) is 5.75 Å². The Labute approximate surface area is 172 Å². The summed E-state index contributed by atoms with van der Waals surface area (Å²) in [5, 5.41) is 15.1. The number of carbonyl (C=O) groups excluding carboxylic acids is 3. The number of aromatic hydroxyl groups is 1. The highest BCUT2D eigenvalue weighted by atomic mass is 16.6. The smallest absolute Gasteiger partial charge is 0.408 e. The second-order valence-electron chi connectivity index (χ2n) is 8.10. The van der Waals surface area contributed by atoms with E-state index in [-0.39, 0.29) is 24.2 Å². The maximum absolute atomic E-state index is 12.9. The van der Waals surface area contributed by atoms with Crippen molar-refractivity contribution in [1.29, 1.82) is 0 Å². The third-order valence-electron chi connectivity index (χ3n) is 3.74. The molecule has 0 saturated carbocycles. The number of nitrogens with one attached hydrogen (secondary N) is 2. The van der Waals surface area contributed by atoms with Crippen LogP contribution in [0.4, 0.5) is 4.79 Å². The van der Waals surface area contributed by atoms with Crippen molar-refractivity contribution < 1.29 is 24.2 Å². The minimum absolute atomic E-state index is 0.000578. The summed E-state index contributed by atoms with van der Waals surface area (Å²) < 4.78 is 5.16. The Morgan fingerprint density at radius 2 is 1.86 bits per heavy atom. The van der Waals surface area contributed by atoms with E-state index in [4.69, 9.17) is 4.74 Å². The van der Waals surface area contributed by atoms with E-state index in [2.05, 4.69) is 10.6 Å². The highest BCUT2D eigenvalue weighted by molar-refractivity contribution is 5.90. The molecule has 1 atom stereocenters. The summed E-state index contributed by atoms with van der Waals surface area (Å²) in [7, 11) is 0. The molecule has 0 bridgehead atoms. The summed E-state index contributed by atoms with van der Waals surface area (Å²) in [6.45, 7) is 10.7. The lowest BCUT2D eigenvalue weighted by molar-refractivity contribution is -0.140. The van der Waals surface area contributed by atoms with Crippen LogP contribution >= 0.6 is 0 Å². The molecule has 1 aromatic rings. The Morgan fingerprint density at radius 3 is 2.38 bits per heavy atom. The minimum atomic E-state index is -0.933. The van der Waals surface area contributed by atoms with E-state index in [1.807, 2.05) is 20.8 Å². The van der Waals surface area contributed by atoms with Crippen molar-refractivity contribution in [1.82, 2.24) is 15.5 Å². The summed E-state index contributed by atoms with van der Waals surface area (Å²) >= 11 is 0. The van der Waals surface area contributed by atoms with Gasteiger partial charge in [0.2, 0.25) is 11.8 Å². The number of rotatable bonds is 8. The lowest BCUT2D eigenvalue weighted by Gasteiger charge is -2.32. The molecule has 0 aliphatic rings. The average molecular weight is 408 g/mol. The largest absolute Gasteiger partial charge is 0.508 e. The Hall–Kier alpha value is -2.77. The molecule has 0 spiro atoms. The molecule has 0 saturated heterocycles. The standard InChI is InChI=1S/C21H33N3O5/c1-7-11-24(17(26)13-22-20(28)29-21(4,5)6)18(19(27)23-14(2)3)15-9-8-10-16(25)12-15/h8-10,12,14,18,25H,7,11,13H2,1-6H3,(H,22,28)(H,23,27). The predicted molar refractivity (Wildman–Crippen MR) is 110 cm³/mol. The number of hydrogen-bond acceptors (Lipinski definition) is 5. The van der Waals surface area contributed by atoms with E-state index in [9.17, 15) is 19.5 Å². The van der Waals surface area contributed by atoms with Gasteiger partial charge < -0.3 is 25.4 Å². The molecular formula is C21H33N3O5. The normalized spacial score (nSPS) is 12.2. The lowest BCUT2D eigenvalue weighted by Crippen LogP contribution is -2.49. The summed E-state index contributed by atoms with van der Waals surface area (Å²) in [4.78, 5) is 39.1. The highest BCUT2D eigenvalue weighted by Crippen LogP contribution is 2.25. The van der Waals surface area contributed by atoms with Gasteiger partial charge in [0.15, 0.2) is 0 Å². The quantitative estimate of drug-likeness (QED) is 0.614. The number of phenolic OH excluding ortho intramolecular Hbond substituents is 1.